The molecule has 0 spiro atoms. The van der Waals surface area contributed by atoms with Gasteiger partial charge in [0.2, 0.25) is 0 Å². The first kappa shape index (κ1) is 21.4. The minimum Gasteiger partial charge on any atom is -0.352 e. The summed E-state index contributed by atoms with van der Waals surface area (Å²) in [6, 6.07) is 18.4. The van der Waals surface area contributed by atoms with Crippen molar-refractivity contribution in [2.45, 2.75) is 6.42 Å². The lowest BCUT2D eigenvalue weighted by Crippen LogP contribution is -2.36. The number of carbonyl (C=O) groups is 2. The van der Waals surface area contributed by atoms with Crippen molar-refractivity contribution in [3.63, 3.8) is 0 Å². The van der Waals surface area contributed by atoms with E-state index in [2.05, 4.69) is 15.0 Å². The van der Waals surface area contributed by atoms with E-state index < -0.39 is 0 Å². The van der Waals surface area contributed by atoms with Crippen molar-refractivity contribution in [2.24, 2.45) is 5.84 Å². The van der Waals surface area contributed by atoms with Crippen molar-refractivity contribution in [3.8, 4) is 0 Å². The van der Waals surface area contributed by atoms with Crippen molar-refractivity contribution in [1.29, 1.82) is 0 Å². The van der Waals surface area contributed by atoms with Crippen molar-refractivity contribution >= 4 is 42.4 Å². The fourth-order valence-electron chi connectivity index (χ4n) is 3.21. The molecule has 7 nitrogen and oxygen atoms in total. The minimum absolute atomic E-state index is 0.186. The minimum atomic E-state index is -0.380. The Morgan fingerprint density at radius 3 is 2.66 bits per heavy atom. The fourth-order valence-corrected chi connectivity index (χ4v) is 4.15. The summed E-state index contributed by atoms with van der Waals surface area (Å²) in [6.45, 7) is 0.506. The molecule has 0 fully saturated rings. The number of aromatic nitrogens is 2. The number of hydrogen-bond acceptors (Lipinski definition) is 5. The van der Waals surface area contributed by atoms with Gasteiger partial charge in [-0.2, -0.15) is 0 Å². The largest absolute Gasteiger partial charge is 0.352 e. The second-order valence-corrected chi connectivity index (χ2v) is 8.10. The van der Waals surface area contributed by atoms with Gasteiger partial charge < -0.3 is 5.32 Å². The number of anilines is 1. The molecule has 0 saturated heterocycles. The molecule has 2 aromatic heterocycles. The van der Waals surface area contributed by atoms with Gasteiger partial charge in [0.1, 0.15) is 0 Å². The molecular formula is C24H22N5O2P. The van der Waals surface area contributed by atoms with Crippen LogP contribution in [0, 0.1) is 0 Å². The first-order valence-electron chi connectivity index (χ1n) is 10.1. The number of hydrogen-bond donors (Lipinski definition) is 2. The third kappa shape index (κ3) is 5.09. The van der Waals surface area contributed by atoms with E-state index in [9.17, 15) is 9.59 Å². The molecule has 2 heterocycles. The van der Waals surface area contributed by atoms with Crippen LogP contribution in [0.4, 0.5) is 5.69 Å². The molecule has 160 valence electrons. The molecule has 0 radical (unpaired) electrons. The van der Waals surface area contributed by atoms with Crippen molar-refractivity contribution in [1.82, 2.24) is 15.0 Å². The van der Waals surface area contributed by atoms with Gasteiger partial charge in [0.15, 0.2) is 0 Å². The number of amides is 2. The average Bonchev–Trinajstić information content (AvgIpc) is 3.26. The number of nitrogens with two attached hydrogens (primary N) is 1. The molecule has 0 aliphatic rings. The Morgan fingerprint density at radius 1 is 1.06 bits per heavy atom. The van der Waals surface area contributed by atoms with Crippen LogP contribution in [0.1, 0.15) is 21.6 Å². The Hall–Kier alpha value is -3.80. The summed E-state index contributed by atoms with van der Waals surface area (Å²) in [6.07, 6.45) is 7.29. The van der Waals surface area contributed by atoms with Crippen LogP contribution in [0.15, 0.2) is 79.1 Å². The predicted molar refractivity (Wildman–Crippen MR) is 129 cm³/mol. The highest BCUT2D eigenvalue weighted by Crippen LogP contribution is 2.26. The number of carbonyl (C=O) groups excluding carboxylic acids is 2. The maximum Gasteiger partial charge on any atom is 0.265 e. The summed E-state index contributed by atoms with van der Waals surface area (Å²) in [4.78, 5) is 28.9. The van der Waals surface area contributed by atoms with Gasteiger partial charge in [-0.15, -0.1) is 0 Å². The number of nitrogens with one attached hydrogen (secondary N) is 1. The molecule has 0 aliphatic heterocycles. The zero-order chi connectivity index (χ0) is 22.3. The average molecular weight is 443 g/mol. The van der Waals surface area contributed by atoms with Crippen LogP contribution < -0.4 is 16.2 Å². The molecule has 32 heavy (non-hydrogen) atoms. The van der Waals surface area contributed by atoms with E-state index in [1.807, 2.05) is 36.4 Å². The van der Waals surface area contributed by atoms with E-state index in [1.165, 1.54) is 11.2 Å². The Kier molecular flexibility index (Phi) is 6.70. The first-order chi connectivity index (χ1) is 15.6. The summed E-state index contributed by atoms with van der Waals surface area (Å²) in [5, 5.41) is 6.13. The van der Waals surface area contributed by atoms with Crippen molar-refractivity contribution in [2.75, 3.05) is 11.6 Å². The molecule has 4 rings (SSSR count). The molecule has 8 heteroatoms. The van der Waals surface area contributed by atoms with Crippen molar-refractivity contribution in [3.05, 3.63) is 96.0 Å². The topological polar surface area (TPSA) is 101 Å². The molecule has 4 aromatic rings. The van der Waals surface area contributed by atoms with Crippen LogP contribution in [0.3, 0.4) is 0 Å². The van der Waals surface area contributed by atoms with E-state index in [0.717, 1.165) is 21.7 Å². The predicted octanol–water partition coefficient (Wildman–Crippen LogP) is 3.55. The quantitative estimate of drug-likeness (QED) is 0.197. The molecule has 0 bridgehead atoms. The highest BCUT2D eigenvalue weighted by Gasteiger charge is 2.11. The molecule has 2 amide bonds. The number of benzene rings is 2. The van der Waals surface area contributed by atoms with Gasteiger partial charge in [-0.1, -0.05) is 24.3 Å². The van der Waals surface area contributed by atoms with Gasteiger partial charge in [-0.05, 0) is 62.8 Å². The third-order valence-corrected chi connectivity index (χ3v) is 5.98. The second-order valence-electron chi connectivity index (χ2n) is 7.11. The number of rotatable bonds is 7. The number of nitrogens with zero attached hydrogens (tertiary/aromatic N) is 3. The molecule has 1 atom stereocenters. The highest BCUT2D eigenvalue weighted by molar-refractivity contribution is 7.32. The first-order valence-corrected chi connectivity index (χ1v) is 11.0. The summed E-state index contributed by atoms with van der Waals surface area (Å²) in [5.74, 6) is 5.41. The third-order valence-electron chi connectivity index (χ3n) is 4.95. The lowest BCUT2D eigenvalue weighted by atomic mass is 10.1. The lowest BCUT2D eigenvalue weighted by Gasteiger charge is -2.15. The van der Waals surface area contributed by atoms with Gasteiger partial charge in [-0.25, -0.2) is 15.6 Å². The molecular weight excluding hydrogens is 421 g/mol. The van der Waals surface area contributed by atoms with Crippen LogP contribution in [0.5, 0.6) is 0 Å². The van der Waals surface area contributed by atoms with Gasteiger partial charge in [0.25, 0.3) is 11.8 Å². The Balaban J connectivity index is 1.34. The van der Waals surface area contributed by atoms with Crippen LogP contribution in [-0.4, -0.2) is 28.1 Å². The maximum absolute atomic E-state index is 12.5. The monoisotopic (exact) mass is 443 g/mol. The SMILES string of the molecule is NN(C(=O)/C=C/c1n[pH]c2ccccc12)c1ccc(C(=O)NCCc2cccnc2)cc1. The summed E-state index contributed by atoms with van der Waals surface area (Å²) in [5.41, 5.74) is 2.82. The smallest absolute Gasteiger partial charge is 0.265 e. The standard InChI is InChI=1S/C24H22N5O2P/c25-29(23(30)12-11-21-20-5-1-2-6-22(20)32-28-21)19-9-7-18(8-10-19)24(31)27-15-13-17-4-3-14-26-16-17/h1-12,14,16,32H,13,15,25H2,(H,27,31)/b12-11+. The maximum atomic E-state index is 12.5. The zero-order valence-corrected chi connectivity index (χ0v) is 18.2. The van der Waals surface area contributed by atoms with E-state index in [1.54, 1.807) is 42.7 Å². The summed E-state index contributed by atoms with van der Waals surface area (Å²) < 4.78 is 4.48. The number of hydrazine groups is 1. The molecule has 3 N–H and O–H groups in total. The highest BCUT2D eigenvalue weighted by atomic mass is 31.0. The molecule has 0 aliphatic carbocycles. The Morgan fingerprint density at radius 2 is 1.88 bits per heavy atom. The van der Waals surface area contributed by atoms with Crippen molar-refractivity contribution < 1.29 is 9.59 Å². The fraction of sp³-hybridized carbons (Fsp3) is 0.0833. The lowest BCUT2D eigenvalue weighted by molar-refractivity contribution is -0.114. The van der Waals surface area contributed by atoms with E-state index >= 15 is 0 Å². The van der Waals surface area contributed by atoms with Crippen LogP contribution >= 0.6 is 8.35 Å². The van der Waals surface area contributed by atoms with E-state index in [4.69, 9.17) is 5.84 Å². The number of pyridine rings is 1. The summed E-state index contributed by atoms with van der Waals surface area (Å²) in [7, 11) is 0.357. The Bertz CT molecular complexity index is 1250. The van der Waals surface area contributed by atoms with E-state index in [0.29, 0.717) is 32.6 Å². The molecule has 0 saturated carbocycles. The van der Waals surface area contributed by atoms with Gasteiger partial charge in [0.05, 0.1) is 11.4 Å². The van der Waals surface area contributed by atoms with Crippen LogP contribution in [0.2, 0.25) is 0 Å². The summed E-state index contributed by atoms with van der Waals surface area (Å²) >= 11 is 0. The Labute approximate surface area is 187 Å². The second kappa shape index (κ2) is 10.0. The number of fused-ring (bicyclic) bond motifs is 1. The van der Waals surface area contributed by atoms with Crippen LogP contribution in [-0.2, 0) is 11.2 Å². The molecule has 2 aromatic carbocycles. The normalized spacial score (nSPS) is 11.3. The van der Waals surface area contributed by atoms with Gasteiger partial charge >= 0.3 is 0 Å². The van der Waals surface area contributed by atoms with Gasteiger partial charge in [0, 0.05) is 41.1 Å². The van der Waals surface area contributed by atoms with Gasteiger partial charge in [-0.3, -0.25) is 14.6 Å². The zero-order valence-electron chi connectivity index (χ0n) is 17.2. The molecule has 1 unspecified atom stereocenters. The van der Waals surface area contributed by atoms with E-state index in [-0.39, 0.29) is 11.8 Å². The van der Waals surface area contributed by atoms with Crippen LogP contribution in [0.25, 0.3) is 16.6 Å².